The fourth-order valence-corrected chi connectivity index (χ4v) is 2.83. The summed E-state index contributed by atoms with van der Waals surface area (Å²) >= 11 is 0. The fourth-order valence-electron chi connectivity index (χ4n) is 2.83. The van der Waals surface area contributed by atoms with E-state index in [1.165, 1.54) is 0 Å². The summed E-state index contributed by atoms with van der Waals surface area (Å²) < 4.78 is 48.5. The van der Waals surface area contributed by atoms with Gasteiger partial charge in [-0.2, -0.15) is 13.2 Å². The Kier molecular flexibility index (Phi) is 7.25. The summed E-state index contributed by atoms with van der Waals surface area (Å²) in [4.78, 5) is 18.3. The zero-order chi connectivity index (χ0) is 22.3. The van der Waals surface area contributed by atoms with E-state index in [4.69, 9.17) is 9.47 Å². The number of ether oxygens (including phenoxy) is 2. The molecule has 0 aliphatic rings. The second kappa shape index (κ2) is 10.1. The molecule has 0 unspecified atom stereocenters. The number of rotatable bonds is 8. The monoisotopic (exact) mass is 430 g/mol. The average molecular weight is 430 g/mol. The Morgan fingerprint density at radius 1 is 1.00 bits per heavy atom. The third-order valence-corrected chi connectivity index (χ3v) is 4.46. The summed E-state index contributed by atoms with van der Waals surface area (Å²) in [5.74, 6) is 0.216. The zero-order valence-electron chi connectivity index (χ0n) is 16.8. The smallest absolute Gasteiger partial charge is 0.417 e. The maximum absolute atomic E-state index is 13.0. The van der Waals surface area contributed by atoms with Gasteiger partial charge in [-0.1, -0.05) is 30.3 Å². The molecule has 0 saturated carbocycles. The Morgan fingerprint density at radius 3 is 2.29 bits per heavy atom. The first-order chi connectivity index (χ1) is 14.9. The minimum Gasteiger partial charge on any atom is -0.439 e. The van der Waals surface area contributed by atoms with Crippen molar-refractivity contribution in [3.8, 4) is 11.6 Å². The number of carbonyl (C=O) groups excluding carboxylic acids is 1. The van der Waals surface area contributed by atoms with Gasteiger partial charge in [0.2, 0.25) is 5.88 Å². The molecule has 31 heavy (non-hydrogen) atoms. The Balaban J connectivity index is 1.68. The Hall–Kier alpha value is -3.39. The van der Waals surface area contributed by atoms with Crippen molar-refractivity contribution in [3.63, 3.8) is 0 Å². The van der Waals surface area contributed by atoms with Gasteiger partial charge in [-0.25, -0.2) is 4.98 Å². The van der Waals surface area contributed by atoms with Crippen LogP contribution in [-0.4, -0.2) is 36.1 Å². The van der Waals surface area contributed by atoms with E-state index in [1.807, 2.05) is 30.3 Å². The van der Waals surface area contributed by atoms with Gasteiger partial charge in [0.15, 0.2) is 0 Å². The van der Waals surface area contributed by atoms with Gasteiger partial charge in [0.25, 0.3) is 5.91 Å². The fraction of sp³-hybridized carbons (Fsp3) is 0.217. The van der Waals surface area contributed by atoms with Gasteiger partial charge in [-0.15, -0.1) is 0 Å². The molecule has 2 aromatic carbocycles. The van der Waals surface area contributed by atoms with E-state index >= 15 is 0 Å². The number of benzene rings is 2. The van der Waals surface area contributed by atoms with Gasteiger partial charge >= 0.3 is 6.18 Å². The first-order valence-corrected chi connectivity index (χ1v) is 9.50. The number of hydrogen-bond donors (Lipinski definition) is 0. The van der Waals surface area contributed by atoms with Crippen LogP contribution in [0.4, 0.5) is 13.2 Å². The topological polar surface area (TPSA) is 51.7 Å². The van der Waals surface area contributed by atoms with Gasteiger partial charge in [-0.05, 0) is 35.9 Å². The molecule has 0 aliphatic heterocycles. The van der Waals surface area contributed by atoms with Crippen molar-refractivity contribution in [2.24, 2.45) is 0 Å². The molecule has 3 aromatic rings. The minimum atomic E-state index is -4.46. The van der Waals surface area contributed by atoms with Crippen LogP contribution in [0.3, 0.4) is 0 Å². The van der Waals surface area contributed by atoms with E-state index in [1.54, 1.807) is 36.3 Å². The van der Waals surface area contributed by atoms with E-state index < -0.39 is 11.7 Å². The molecule has 1 heterocycles. The first kappa shape index (κ1) is 22.3. The second-order valence-electron chi connectivity index (χ2n) is 6.71. The van der Waals surface area contributed by atoms with Crippen LogP contribution >= 0.6 is 0 Å². The van der Waals surface area contributed by atoms with Gasteiger partial charge in [-0.3, -0.25) is 4.79 Å². The molecule has 0 bridgehead atoms. The SMILES string of the molecule is COCCN(Cc1ccccc1)C(=O)c1ccc(Oc2ccc(C(F)(F)F)cn2)cc1. The molecule has 0 spiro atoms. The molecule has 0 atom stereocenters. The molecule has 162 valence electrons. The highest BCUT2D eigenvalue weighted by molar-refractivity contribution is 5.94. The van der Waals surface area contributed by atoms with Crippen LogP contribution in [0.15, 0.2) is 72.9 Å². The normalized spacial score (nSPS) is 11.2. The van der Waals surface area contributed by atoms with Crippen LogP contribution in [0.2, 0.25) is 0 Å². The third-order valence-electron chi connectivity index (χ3n) is 4.46. The maximum atomic E-state index is 13.0. The van der Waals surface area contributed by atoms with Crippen molar-refractivity contribution in [2.45, 2.75) is 12.7 Å². The second-order valence-corrected chi connectivity index (χ2v) is 6.71. The predicted molar refractivity (Wildman–Crippen MR) is 109 cm³/mol. The number of hydrogen-bond acceptors (Lipinski definition) is 4. The van der Waals surface area contributed by atoms with E-state index in [-0.39, 0.29) is 11.8 Å². The van der Waals surface area contributed by atoms with Gasteiger partial charge < -0.3 is 14.4 Å². The summed E-state index contributed by atoms with van der Waals surface area (Å²) in [5.41, 5.74) is 0.607. The average Bonchev–Trinajstić information content (AvgIpc) is 2.77. The summed E-state index contributed by atoms with van der Waals surface area (Å²) in [6.07, 6.45) is -3.74. The van der Waals surface area contributed by atoms with Crippen molar-refractivity contribution in [1.82, 2.24) is 9.88 Å². The lowest BCUT2D eigenvalue weighted by Gasteiger charge is -2.23. The molecule has 0 N–H and O–H groups in total. The number of amides is 1. The van der Waals surface area contributed by atoms with Crippen LogP contribution in [0.25, 0.3) is 0 Å². The lowest BCUT2D eigenvalue weighted by atomic mass is 10.1. The summed E-state index contributed by atoms with van der Waals surface area (Å²) in [6.45, 7) is 1.27. The molecule has 0 aliphatic carbocycles. The lowest BCUT2D eigenvalue weighted by Crippen LogP contribution is -2.33. The minimum absolute atomic E-state index is 0.0258. The van der Waals surface area contributed by atoms with Crippen LogP contribution in [0.5, 0.6) is 11.6 Å². The van der Waals surface area contributed by atoms with E-state index in [0.717, 1.165) is 17.7 Å². The number of aromatic nitrogens is 1. The standard InChI is InChI=1S/C23H21F3N2O3/c1-30-14-13-28(16-17-5-3-2-4-6-17)22(29)18-7-10-20(11-8-18)31-21-12-9-19(15-27-21)23(24,25)26/h2-12,15H,13-14,16H2,1H3. The van der Waals surface area contributed by atoms with Crippen molar-refractivity contribution >= 4 is 5.91 Å². The summed E-state index contributed by atoms with van der Waals surface area (Å²) in [7, 11) is 1.58. The first-order valence-electron chi connectivity index (χ1n) is 9.50. The molecule has 5 nitrogen and oxygen atoms in total. The Bertz CT molecular complexity index is 976. The van der Waals surface area contributed by atoms with Crippen LogP contribution in [0, 0.1) is 0 Å². The molecule has 0 radical (unpaired) electrons. The maximum Gasteiger partial charge on any atom is 0.417 e. The Labute approximate surface area is 178 Å². The molecule has 0 fully saturated rings. The zero-order valence-corrected chi connectivity index (χ0v) is 16.8. The van der Waals surface area contributed by atoms with Gasteiger partial charge in [0.1, 0.15) is 5.75 Å². The van der Waals surface area contributed by atoms with Crippen molar-refractivity contribution < 1.29 is 27.4 Å². The number of nitrogens with zero attached hydrogens (tertiary/aromatic N) is 2. The number of halogens is 3. The quantitative estimate of drug-likeness (QED) is 0.494. The molecule has 1 aromatic heterocycles. The number of methoxy groups -OCH3 is 1. The lowest BCUT2D eigenvalue weighted by molar-refractivity contribution is -0.137. The van der Waals surface area contributed by atoms with Crippen molar-refractivity contribution in [3.05, 3.63) is 89.6 Å². The molecule has 8 heteroatoms. The summed E-state index contributed by atoms with van der Waals surface area (Å²) in [6, 6.07) is 18.0. The molecule has 1 amide bonds. The van der Waals surface area contributed by atoms with E-state index in [9.17, 15) is 18.0 Å². The number of pyridine rings is 1. The highest BCUT2D eigenvalue weighted by Crippen LogP contribution is 2.30. The highest BCUT2D eigenvalue weighted by Gasteiger charge is 2.30. The molecular weight excluding hydrogens is 409 g/mol. The predicted octanol–water partition coefficient (Wildman–Crippen LogP) is 5.18. The molecule has 0 saturated heterocycles. The molecular formula is C23H21F3N2O3. The number of alkyl halides is 3. The van der Waals surface area contributed by atoms with Crippen molar-refractivity contribution in [2.75, 3.05) is 20.3 Å². The third kappa shape index (κ3) is 6.29. The van der Waals surface area contributed by atoms with Crippen LogP contribution in [-0.2, 0) is 17.5 Å². The Morgan fingerprint density at radius 2 is 1.71 bits per heavy atom. The van der Waals surface area contributed by atoms with Crippen LogP contribution < -0.4 is 4.74 Å². The molecule has 3 rings (SSSR count). The number of carbonyl (C=O) groups is 1. The van der Waals surface area contributed by atoms with Gasteiger partial charge in [0.05, 0.1) is 12.2 Å². The largest absolute Gasteiger partial charge is 0.439 e. The van der Waals surface area contributed by atoms with Crippen LogP contribution in [0.1, 0.15) is 21.5 Å². The van der Waals surface area contributed by atoms with E-state index in [0.29, 0.717) is 37.2 Å². The van der Waals surface area contributed by atoms with E-state index in [2.05, 4.69) is 4.98 Å². The van der Waals surface area contributed by atoms with Crippen molar-refractivity contribution in [1.29, 1.82) is 0 Å². The highest BCUT2D eigenvalue weighted by atomic mass is 19.4. The van der Waals surface area contributed by atoms with Gasteiger partial charge in [0, 0.05) is 38.0 Å². The summed E-state index contributed by atoms with van der Waals surface area (Å²) in [5, 5.41) is 0.